The van der Waals surface area contributed by atoms with Gasteiger partial charge in [-0.1, -0.05) is 72.8 Å². The quantitative estimate of drug-likeness (QED) is 0.0966. The largest absolute Gasteiger partial charge is 0.496 e. The zero-order valence-electron chi connectivity index (χ0n) is 37.5. The molecular formula is C50H53N5O10. The summed E-state index contributed by atoms with van der Waals surface area (Å²) in [5, 5.41) is 6.90. The van der Waals surface area contributed by atoms with Gasteiger partial charge in [0.25, 0.3) is 5.91 Å². The number of hydrogen-bond donors (Lipinski definition) is 2. The second-order valence-electron chi connectivity index (χ2n) is 16.9. The predicted molar refractivity (Wildman–Crippen MR) is 245 cm³/mol. The number of nitrogens with zero attached hydrogens (tertiary/aromatic N) is 3. The third-order valence-corrected chi connectivity index (χ3v) is 11.6. The molecule has 0 saturated heterocycles. The van der Waals surface area contributed by atoms with Gasteiger partial charge >= 0.3 is 18.2 Å². The van der Waals surface area contributed by atoms with Gasteiger partial charge in [0, 0.05) is 31.5 Å². The molecule has 15 heteroatoms. The number of anilines is 2. The summed E-state index contributed by atoms with van der Waals surface area (Å²) >= 11 is 0. The number of amides is 5. The summed E-state index contributed by atoms with van der Waals surface area (Å²) in [4.78, 5) is 85.8. The van der Waals surface area contributed by atoms with Gasteiger partial charge in [0.2, 0.25) is 11.8 Å². The summed E-state index contributed by atoms with van der Waals surface area (Å²) in [6, 6.07) is 29.1. The number of para-hydroxylation sites is 2. The molecule has 15 nitrogen and oxygen atoms in total. The van der Waals surface area contributed by atoms with Gasteiger partial charge in [-0.05, 0) is 91.1 Å². The average molecular weight is 884 g/mol. The minimum absolute atomic E-state index is 0.0704. The Hall–Kier alpha value is -7.42. The van der Waals surface area contributed by atoms with Crippen LogP contribution in [0.5, 0.6) is 5.75 Å². The van der Waals surface area contributed by atoms with Crippen molar-refractivity contribution in [1.29, 1.82) is 0 Å². The first kappa shape index (κ1) is 45.6. The lowest BCUT2D eigenvalue weighted by Crippen LogP contribution is -2.57. The van der Waals surface area contributed by atoms with E-state index in [2.05, 4.69) is 22.8 Å². The maximum absolute atomic E-state index is 15.0. The van der Waals surface area contributed by atoms with E-state index in [4.69, 9.17) is 18.9 Å². The molecule has 5 aromatic rings. The first-order valence-corrected chi connectivity index (χ1v) is 21.3. The molecule has 5 amide bonds. The molecule has 1 aliphatic heterocycles. The molecule has 0 bridgehead atoms. The van der Waals surface area contributed by atoms with E-state index in [9.17, 15) is 28.8 Å². The zero-order chi connectivity index (χ0) is 46.6. The van der Waals surface area contributed by atoms with Crippen LogP contribution in [0.3, 0.4) is 0 Å². The van der Waals surface area contributed by atoms with Crippen molar-refractivity contribution in [3.8, 4) is 16.9 Å². The summed E-state index contributed by atoms with van der Waals surface area (Å²) < 4.78 is 21.9. The number of methoxy groups -OCH3 is 2. The zero-order valence-corrected chi connectivity index (χ0v) is 37.5. The molecule has 65 heavy (non-hydrogen) atoms. The normalized spacial score (nSPS) is 14.9. The molecule has 0 spiro atoms. The Morgan fingerprint density at radius 1 is 0.846 bits per heavy atom. The Morgan fingerprint density at radius 3 is 2.14 bits per heavy atom. The molecule has 338 valence electrons. The second-order valence-corrected chi connectivity index (χ2v) is 16.9. The van der Waals surface area contributed by atoms with Gasteiger partial charge in [-0.3, -0.25) is 19.3 Å². The number of likely N-dealkylation sites (N-methyl/N-ethyl adjacent to an activating group) is 1. The van der Waals surface area contributed by atoms with Crippen LogP contribution in [0.15, 0.2) is 103 Å². The number of alkyl carbamates (subject to hydrolysis) is 1. The van der Waals surface area contributed by atoms with Gasteiger partial charge < -0.3 is 39.4 Å². The Kier molecular flexibility index (Phi) is 13.4. The number of fused-ring (bicyclic) bond motifs is 5. The van der Waals surface area contributed by atoms with Crippen LogP contribution in [-0.2, 0) is 35.1 Å². The average Bonchev–Trinajstić information content (AvgIpc) is 3.56. The van der Waals surface area contributed by atoms with Crippen molar-refractivity contribution in [2.24, 2.45) is 0 Å². The summed E-state index contributed by atoms with van der Waals surface area (Å²) in [6.07, 6.45) is -1.60. The summed E-state index contributed by atoms with van der Waals surface area (Å²) in [6.45, 7) is 6.31. The highest BCUT2D eigenvalue weighted by atomic mass is 16.6. The van der Waals surface area contributed by atoms with E-state index in [-0.39, 0.29) is 38.6 Å². The van der Waals surface area contributed by atoms with Crippen LogP contribution in [0.1, 0.15) is 67.1 Å². The fraction of sp³-hybridized carbons (Fsp3) is 0.320. The van der Waals surface area contributed by atoms with Crippen molar-refractivity contribution in [2.75, 3.05) is 50.8 Å². The maximum atomic E-state index is 15.0. The second kappa shape index (κ2) is 19.1. The summed E-state index contributed by atoms with van der Waals surface area (Å²) in [5.74, 6) is -1.85. The third kappa shape index (κ3) is 9.74. The molecule has 2 aliphatic rings. The highest BCUT2D eigenvalue weighted by molar-refractivity contribution is 6.09. The number of carbonyl (C=O) groups is 6. The Balaban J connectivity index is 1.14. The summed E-state index contributed by atoms with van der Waals surface area (Å²) in [5.41, 5.74) is 5.20. The molecule has 2 N–H and O–H groups in total. The van der Waals surface area contributed by atoms with E-state index in [1.54, 1.807) is 75.4 Å². The van der Waals surface area contributed by atoms with Crippen LogP contribution in [-0.4, -0.2) is 99.4 Å². The van der Waals surface area contributed by atoms with E-state index in [0.717, 1.165) is 27.2 Å². The van der Waals surface area contributed by atoms with E-state index >= 15 is 0 Å². The van der Waals surface area contributed by atoms with Crippen LogP contribution in [0.25, 0.3) is 21.9 Å². The molecule has 0 fully saturated rings. The monoisotopic (exact) mass is 883 g/mol. The molecule has 2 atom stereocenters. The molecule has 0 saturated carbocycles. The molecule has 1 aliphatic carbocycles. The molecule has 1 heterocycles. The van der Waals surface area contributed by atoms with Gasteiger partial charge in [-0.15, -0.1) is 0 Å². The van der Waals surface area contributed by atoms with Gasteiger partial charge in [-0.25, -0.2) is 14.4 Å². The molecular weight excluding hydrogens is 831 g/mol. The topological polar surface area (TPSA) is 173 Å². The van der Waals surface area contributed by atoms with Crippen molar-refractivity contribution in [1.82, 2.24) is 15.5 Å². The van der Waals surface area contributed by atoms with Gasteiger partial charge in [-0.2, -0.15) is 0 Å². The third-order valence-electron chi connectivity index (χ3n) is 11.6. The fourth-order valence-electron chi connectivity index (χ4n) is 8.24. The number of rotatable bonds is 12. The van der Waals surface area contributed by atoms with Crippen molar-refractivity contribution >= 4 is 58.0 Å². The van der Waals surface area contributed by atoms with Gasteiger partial charge in [0.1, 0.15) is 30.0 Å². The van der Waals surface area contributed by atoms with E-state index in [1.165, 1.54) is 38.0 Å². The highest BCUT2D eigenvalue weighted by Crippen LogP contribution is 2.44. The van der Waals surface area contributed by atoms with Crippen molar-refractivity contribution in [2.45, 2.75) is 64.3 Å². The number of nitrogens with one attached hydrogen (secondary N) is 2. The SMILES string of the molecule is COC(=O)c1ccc2c(CN3C(=O)[C@@H](NC(=O)[C@H](C)N(C)C(=O)OC(C)(C)C)CN(C(=O)CCNC(=O)OCC4c5ccccc5-c5ccccc54)c4ccccc43)c(OC)ccc2c1. The Morgan fingerprint density at radius 2 is 1.49 bits per heavy atom. The van der Waals surface area contributed by atoms with Crippen LogP contribution in [0.4, 0.5) is 21.0 Å². The molecule has 5 aromatic carbocycles. The van der Waals surface area contributed by atoms with Gasteiger partial charge in [0.15, 0.2) is 0 Å². The number of hydrogen-bond acceptors (Lipinski definition) is 10. The smallest absolute Gasteiger partial charge is 0.410 e. The standard InChI is InChI=1S/C50H53N5O10/c1-30(53(5)49(61)65-50(2,3)4)45(57)52-40-28-54(44(56)24-25-51-48(60)64-29-39-36-16-10-8-14-34(36)35-15-9-11-17-37(35)39)41-18-12-13-19-42(41)55(46(40)58)27-38-33-22-20-32(47(59)63-7)26-31(33)21-23-43(38)62-6/h8-23,26,30,39-40H,24-25,27-29H2,1-7H3,(H,51,60)(H,52,57)/t30-,40-/m0/s1. The first-order chi connectivity index (χ1) is 31.1. The molecule has 0 aromatic heterocycles. The predicted octanol–water partition coefficient (Wildman–Crippen LogP) is 7.18. The lowest BCUT2D eigenvalue weighted by atomic mass is 9.98. The number of carbonyl (C=O) groups excluding carboxylic acids is 6. The molecule has 0 radical (unpaired) electrons. The first-order valence-electron chi connectivity index (χ1n) is 21.3. The minimum atomic E-state index is -1.31. The fourth-order valence-corrected chi connectivity index (χ4v) is 8.24. The van der Waals surface area contributed by atoms with Crippen LogP contribution in [0.2, 0.25) is 0 Å². The van der Waals surface area contributed by atoms with Gasteiger partial charge in [0.05, 0.1) is 44.2 Å². The van der Waals surface area contributed by atoms with Crippen molar-refractivity contribution < 1.29 is 47.7 Å². The van der Waals surface area contributed by atoms with Crippen molar-refractivity contribution in [3.05, 3.63) is 125 Å². The van der Waals surface area contributed by atoms with E-state index in [1.807, 2.05) is 36.4 Å². The molecule has 7 rings (SSSR count). The number of benzene rings is 5. The summed E-state index contributed by atoms with van der Waals surface area (Å²) in [7, 11) is 4.23. The van der Waals surface area contributed by atoms with Crippen LogP contribution < -0.4 is 25.2 Å². The molecule has 0 unspecified atom stereocenters. The Labute approximate surface area is 377 Å². The highest BCUT2D eigenvalue weighted by Gasteiger charge is 2.39. The van der Waals surface area contributed by atoms with Crippen LogP contribution in [0, 0.1) is 0 Å². The van der Waals surface area contributed by atoms with E-state index in [0.29, 0.717) is 39.0 Å². The van der Waals surface area contributed by atoms with Crippen molar-refractivity contribution in [3.63, 3.8) is 0 Å². The Bertz CT molecular complexity index is 2610. The minimum Gasteiger partial charge on any atom is -0.496 e. The van der Waals surface area contributed by atoms with E-state index < -0.39 is 53.6 Å². The van der Waals surface area contributed by atoms with Crippen LogP contribution >= 0.6 is 0 Å². The number of ether oxygens (including phenoxy) is 4. The lowest BCUT2D eigenvalue weighted by Gasteiger charge is -2.30. The maximum Gasteiger partial charge on any atom is 0.410 e. The lowest BCUT2D eigenvalue weighted by molar-refractivity contribution is -0.130. The number of esters is 1.